The molecule has 0 unspecified atom stereocenters. The molecule has 24 heavy (non-hydrogen) atoms. The molecule has 2 saturated heterocycles. The van der Waals surface area contributed by atoms with Gasteiger partial charge in [0.2, 0.25) is 0 Å². The lowest BCUT2D eigenvalue weighted by Crippen LogP contribution is -2.44. The molecule has 134 valence electrons. The molecule has 0 bridgehead atoms. The second-order valence-electron chi connectivity index (χ2n) is 6.93. The van der Waals surface area contributed by atoms with Gasteiger partial charge in [0.1, 0.15) is 0 Å². The molecule has 0 aliphatic carbocycles. The van der Waals surface area contributed by atoms with Crippen LogP contribution in [0.2, 0.25) is 0 Å². The minimum atomic E-state index is -0.561. The van der Waals surface area contributed by atoms with Gasteiger partial charge in [-0.2, -0.15) is 0 Å². The molecular formula is C15H20O5S4. The minimum Gasteiger partial charge on any atom is -0.348 e. The molecule has 0 radical (unpaired) electrons. The highest BCUT2D eigenvalue weighted by Gasteiger charge is 2.49. The first-order chi connectivity index (χ1) is 11.2. The molecule has 0 saturated carbocycles. The largest absolute Gasteiger partial charge is 0.348 e. The van der Waals surface area contributed by atoms with Gasteiger partial charge in [0, 0.05) is 0 Å². The molecule has 0 aromatic carbocycles. The third-order valence-electron chi connectivity index (χ3n) is 4.12. The molecule has 2 fully saturated rings. The first-order valence-corrected chi connectivity index (χ1v) is 11.2. The van der Waals surface area contributed by atoms with Gasteiger partial charge in [0.25, 0.3) is 4.06 Å². The van der Waals surface area contributed by atoms with Crippen LogP contribution in [0.1, 0.15) is 27.7 Å². The summed E-state index contributed by atoms with van der Waals surface area (Å²) in [7, 11) is 0. The van der Waals surface area contributed by atoms with Crippen LogP contribution in [0.5, 0.6) is 0 Å². The van der Waals surface area contributed by atoms with Gasteiger partial charge in [-0.3, -0.25) is 4.79 Å². The van der Waals surface area contributed by atoms with Crippen molar-refractivity contribution in [1.82, 2.24) is 0 Å². The minimum absolute atomic E-state index is 0.0230. The number of ether oxygens (including phenoxy) is 4. The van der Waals surface area contributed by atoms with E-state index in [1.807, 2.05) is 27.7 Å². The van der Waals surface area contributed by atoms with Gasteiger partial charge < -0.3 is 18.9 Å². The summed E-state index contributed by atoms with van der Waals surface area (Å²) in [4.78, 5) is 11.8. The predicted octanol–water partition coefficient (Wildman–Crippen LogP) is 3.41. The molecule has 4 rings (SSSR count). The van der Waals surface area contributed by atoms with Crippen LogP contribution in [0.25, 0.3) is 0 Å². The maximum atomic E-state index is 11.8. The zero-order chi connectivity index (χ0) is 17.1. The molecular weight excluding hydrogens is 388 g/mol. The quantitative estimate of drug-likeness (QED) is 0.743. The number of thioether (sulfide) groups is 2. The smallest absolute Gasteiger partial charge is 0.289 e. The summed E-state index contributed by atoms with van der Waals surface area (Å²) in [6.45, 7) is 8.88. The molecule has 0 N–H and O–H groups in total. The van der Waals surface area contributed by atoms with Gasteiger partial charge in [0.05, 0.1) is 44.3 Å². The Bertz CT molecular complexity index is 627. The fourth-order valence-corrected chi connectivity index (χ4v) is 9.36. The van der Waals surface area contributed by atoms with E-state index < -0.39 is 11.6 Å². The SMILES string of the molecule is CC1(C)OC[C@H]([C@H]2Sc3sc(=O)sc3S[C@@H]2[C@H]2COC(C)(C)O2)O1. The van der Waals surface area contributed by atoms with E-state index in [-0.39, 0.29) is 26.8 Å². The molecule has 5 nitrogen and oxygen atoms in total. The first kappa shape index (κ1) is 17.8. The van der Waals surface area contributed by atoms with Crippen molar-refractivity contribution in [3.63, 3.8) is 0 Å². The topological polar surface area (TPSA) is 54.0 Å². The molecule has 1 aromatic heterocycles. The summed E-state index contributed by atoms with van der Waals surface area (Å²) in [5, 5.41) is 0.328. The summed E-state index contributed by atoms with van der Waals surface area (Å²) in [5.74, 6) is -1.12. The molecule has 4 atom stereocenters. The van der Waals surface area contributed by atoms with E-state index in [9.17, 15) is 4.79 Å². The second-order valence-corrected chi connectivity index (χ2v) is 12.0. The summed E-state index contributed by atoms with van der Waals surface area (Å²) >= 11 is 6.14. The molecule has 1 aromatic rings. The van der Waals surface area contributed by atoms with E-state index in [0.717, 1.165) is 8.42 Å². The summed E-state index contributed by atoms with van der Waals surface area (Å²) < 4.78 is 26.2. The Labute approximate surface area is 157 Å². The Morgan fingerprint density at radius 1 is 0.833 bits per heavy atom. The van der Waals surface area contributed by atoms with Gasteiger partial charge in [-0.25, -0.2) is 0 Å². The van der Waals surface area contributed by atoms with Crippen LogP contribution in [0.15, 0.2) is 13.2 Å². The highest BCUT2D eigenvalue weighted by Crippen LogP contribution is 2.53. The van der Waals surface area contributed by atoms with E-state index in [1.165, 1.54) is 22.7 Å². The predicted molar refractivity (Wildman–Crippen MR) is 97.6 cm³/mol. The van der Waals surface area contributed by atoms with Crippen LogP contribution in [-0.4, -0.2) is 47.5 Å². The average molecular weight is 409 g/mol. The van der Waals surface area contributed by atoms with Crippen molar-refractivity contribution < 1.29 is 18.9 Å². The van der Waals surface area contributed by atoms with Crippen LogP contribution in [0.4, 0.5) is 0 Å². The Kier molecular flexibility index (Phi) is 4.62. The second kappa shape index (κ2) is 6.23. The van der Waals surface area contributed by atoms with Crippen LogP contribution >= 0.6 is 46.2 Å². The van der Waals surface area contributed by atoms with Crippen molar-refractivity contribution >= 4 is 46.2 Å². The van der Waals surface area contributed by atoms with Gasteiger partial charge in [0.15, 0.2) is 11.6 Å². The highest BCUT2D eigenvalue weighted by atomic mass is 32.2. The molecule has 9 heteroatoms. The van der Waals surface area contributed by atoms with Crippen molar-refractivity contribution in [2.45, 2.75) is 70.4 Å². The Morgan fingerprint density at radius 3 is 1.58 bits per heavy atom. The Balaban J connectivity index is 1.62. The van der Waals surface area contributed by atoms with Gasteiger partial charge >= 0.3 is 0 Å². The highest BCUT2D eigenvalue weighted by molar-refractivity contribution is 8.09. The van der Waals surface area contributed by atoms with E-state index in [4.69, 9.17) is 18.9 Å². The van der Waals surface area contributed by atoms with Crippen LogP contribution in [0, 0.1) is 0 Å². The fraction of sp³-hybridized carbons (Fsp3) is 0.800. The van der Waals surface area contributed by atoms with Crippen molar-refractivity contribution in [1.29, 1.82) is 0 Å². The zero-order valence-corrected chi connectivity index (χ0v) is 17.2. The summed E-state index contributed by atoms with van der Waals surface area (Å²) in [6.07, 6.45) is -0.0460. The number of rotatable bonds is 2. The lowest BCUT2D eigenvalue weighted by molar-refractivity contribution is -0.144. The maximum Gasteiger partial charge on any atom is 0.289 e. The van der Waals surface area contributed by atoms with Crippen molar-refractivity contribution in [3.05, 3.63) is 8.85 Å². The third-order valence-corrected chi connectivity index (χ3v) is 10.1. The van der Waals surface area contributed by atoms with Crippen LogP contribution in [-0.2, 0) is 18.9 Å². The number of fused-ring (bicyclic) bond motifs is 1. The third kappa shape index (κ3) is 3.46. The molecule has 0 spiro atoms. The zero-order valence-electron chi connectivity index (χ0n) is 13.9. The summed E-state index contributed by atoms with van der Waals surface area (Å²) in [6, 6.07) is 0. The Morgan fingerprint density at radius 2 is 1.25 bits per heavy atom. The van der Waals surface area contributed by atoms with E-state index in [2.05, 4.69) is 0 Å². The number of hydrogen-bond acceptors (Lipinski definition) is 9. The number of hydrogen-bond donors (Lipinski definition) is 0. The molecule has 3 aliphatic heterocycles. The van der Waals surface area contributed by atoms with Gasteiger partial charge in [-0.15, -0.1) is 23.5 Å². The molecule has 4 heterocycles. The summed E-state index contributed by atoms with van der Waals surface area (Å²) in [5.41, 5.74) is 0. The van der Waals surface area contributed by atoms with Crippen LogP contribution < -0.4 is 4.06 Å². The lowest BCUT2D eigenvalue weighted by Gasteiger charge is -2.36. The fourth-order valence-electron chi connectivity index (χ4n) is 3.11. The standard InChI is InChI=1S/C15H20O5S4/c1-14(2)17-5-7(19-14)9-10(8-6-18-15(3,4)20-8)22-12-11(21-9)23-13(16)24-12/h7-10H,5-6H2,1-4H3/t7-,8-,9-,10-/m1/s1. The van der Waals surface area contributed by atoms with E-state index >= 15 is 0 Å². The van der Waals surface area contributed by atoms with E-state index in [0.29, 0.717) is 13.2 Å². The molecule has 0 amide bonds. The van der Waals surface area contributed by atoms with Crippen LogP contribution in [0.3, 0.4) is 0 Å². The van der Waals surface area contributed by atoms with Crippen molar-refractivity contribution in [2.24, 2.45) is 0 Å². The average Bonchev–Trinajstić information content (AvgIpc) is 3.12. The first-order valence-electron chi connectivity index (χ1n) is 7.83. The van der Waals surface area contributed by atoms with Gasteiger partial charge in [-0.05, 0) is 27.7 Å². The monoisotopic (exact) mass is 408 g/mol. The Hall–Kier alpha value is 0.390. The maximum absolute atomic E-state index is 11.8. The van der Waals surface area contributed by atoms with E-state index in [1.54, 1.807) is 23.5 Å². The lowest BCUT2D eigenvalue weighted by atomic mass is 10.1. The normalized spacial score (nSPS) is 37.5. The molecule has 3 aliphatic rings. The van der Waals surface area contributed by atoms with Crippen molar-refractivity contribution in [3.8, 4) is 0 Å². The van der Waals surface area contributed by atoms with Crippen molar-refractivity contribution in [2.75, 3.05) is 13.2 Å². The van der Waals surface area contributed by atoms with Gasteiger partial charge in [-0.1, -0.05) is 22.7 Å².